The van der Waals surface area contributed by atoms with Crippen LogP contribution < -0.4 is 16.0 Å². The molecule has 3 nitrogen and oxygen atoms in total. The Morgan fingerprint density at radius 3 is 2.79 bits per heavy atom. The molecule has 1 aromatic carbocycles. The number of ether oxygens (including phenoxy) is 1. The summed E-state index contributed by atoms with van der Waals surface area (Å²) in [6, 6.07) is 8.66. The summed E-state index contributed by atoms with van der Waals surface area (Å²) in [5.74, 6) is 7.28. The highest BCUT2D eigenvalue weighted by Gasteiger charge is 2.28. The zero-order chi connectivity index (χ0) is 13.9. The molecule has 0 radical (unpaired) electrons. The number of benzene rings is 1. The average Bonchev–Trinajstić information content (AvgIpc) is 2.38. The van der Waals surface area contributed by atoms with Crippen molar-refractivity contribution in [1.82, 2.24) is 5.43 Å². The van der Waals surface area contributed by atoms with Gasteiger partial charge in [0, 0.05) is 12.0 Å². The molecule has 3 heteroatoms. The molecule has 0 spiro atoms. The molecule has 3 N–H and O–H groups in total. The third kappa shape index (κ3) is 3.71. The van der Waals surface area contributed by atoms with Gasteiger partial charge in [-0.25, -0.2) is 0 Å². The van der Waals surface area contributed by atoms with Crippen LogP contribution in [0.25, 0.3) is 0 Å². The maximum Gasteiger partial charge on any atom is 0.122 e. The van der Waals surface area contributed by atoms with Crippen LogP contribution in [0.2, 0.25) is 0 Å². The van der Waals surface area contributed by atoms with Crippen molar-refractivity contribution in [1.29, 1.82) is 0 Å². The van der Waals surface area contributed by atoms with Gasteiger partial charge in [-0.3, -0.25) is 11.3 Å². The van der Waals surface area contributed by atoms with E-state index in [2.05, 4.69) is 44.4 Å². The molecule has 0 aliphatic carbocycles. The summed E-state index contributed by atoms with van der Waals surface area (Å²) in [5.41, 5.74) is 4.67. The van der Waals surface area contributed by atoms with Crippen LogP contribution in [0.3, 0.4) is 0 Å². The van der Waals surface area contributed by atoms with E-state index < -0.39 is 0 Å². The second-order valence-electron chi connectivity index (χ2n) is 6.65. The van der Waals surface area contributed by atoms with E-state index in [0.29, 0.717) is 17.4 Å². The molecule has 2 atom stereocenters. The SMILES string of the molecule is CC(C)(C)CCC(NN)C1CCOc2ccccc21. The van der Waals surface area contributed by atoms with Gasteiger partial charge in [0.25, 0.3) is 0 Å². The van der Waals surface area contributed by atoms with Gasteiger partial charge in [-0.05, 0) is 36.3 Å². The van der Waals surface area contributed by atoms with Crippen LogP contribution in [0.15, 0.2) is 24.3 Å². The number of hydrogen-bond acceptors (Lipinski definition) is 3. The van der Waals surface area contributed by atoms with E-state index in [9.17, 15) is 0 Å². The molecule has 106 valence electrons. The molecule has 2 unspecified atom stereocenters. The highest BCUT2D eigenvalue weighted by atomic mass is 16.5. The van der Waals surface area contributed by atoms with Crippen LogP contribution in [0.5, 0.6) is 5.75 Å². The van der Waals surface area contributed by atoms with Crippen molar-refractivity contribution in [3.63, 3.8) is 0 Å². The van der Waals surface area contributed by atoms with E-state index in [1.807, 2.05) is 6.07 Å². The molecule has 0 saturated heterocycles. The molecule has 1 heterocycles. The predicted molar refractivity (Wildman–Crippen MR) is 79.1 cm³/mol. The standard InChI is InChI=1S/C16H26N2O/c1-16(2,3)10-8-14(18-17)12-9-11-19-15-7-5-4-6-13(12)15/h4-7,12,14,18H,8-11,17H2,1-3H3. The van der Waals surface area contributed by atoms with Crippen molar-refractivity contribution in [2.75, 3.05) is 6.61 Å². The van der Waals surface area contributed by atoms with Gasteiger partial charge >= 0.3 is 0 Å². The molecular weight excluding hydrogens is 236 g/mol. The highest BCUT2D eigenvalue weighted by Crippen LogP contribution is 2.37. The molecular formula is C16H26N2O. The Hall–Kier alpha value is -1.06. The van der Waals surface area contributed by atoms with Gasteiger partial charge < -0.3 is 4.74 Å². The Kier molecular flexibility index (Phi) is 4.48. The monoisotopic (exact) mass is 262 g/mol. The summed E-state index contributed by atoms with van der Waals surface area (Å²) in [5, 5.41) is 0. The fraction of sp³-hybridized carbons (Fsp3) is 0.625. The van der Waals surface area contributed by atoms with Crippen molar-refractivity contribution in [2.24, 2.45) is 11.3 Å². The zero-order valence-electron chi connectivity index (χ0n) is 12.3. The molecule has 0 aromatic heterocycles. The van der Waals surface area contributed by atoms with Crippen LogP contribution in [0, 0.1) is 5.41 Å². The summed E-state index contributed by atoms with van der Waals surface area (Å²) in [7, 11) is 0. The maximum absolute atomic E-state index is 5.80. The fourth-order valence-corrected chi connectivity index (χ4v) is 2.78. The zero-order valence-corrected chi connectivity index (χ0v) is 12.3. The minimum atomic E-state index is 0.323. The number of fused-ring (bicyclic) bond motifs is 1. The van der Waals surface area contributed by atoms with Gasteiger partial charge in [0.15, 0.2) is 0 Å². The number of rotatable bonds is 4. The van der Waals surface area contributed by atoms with Crippen LogP contribution in [-0.4, -0.2) is 12.6 Å². The molecule has 0 amide bonds. The summed E-state index contributed by atoms with van der Waals surface area (Å²) in [4.78, 5) is 0. The molecule has 1 aliphatic rings. The van der Waals surface area contributed by atoms with Crippen molar-refractivity contribution in [3.05, 3.63) is 29.8 Å². The number of nitrogens with two attached hydrogens (primary N) is 1. The first-order valence-electron chi connectivity index (χ1n) is 7.19. The second-order valence-corrected chi connectivity index (χ2v) is 6.65. The van der Waals surface area contributed by atoms with Gasteiger partial charge in [-0.1, -0.05) is 39.0 Å². The van der Waals surface area contributed by atoms with Gasteiger partial charge in [0.2, 0.25) is 0 Å². The largest absolute Gasteiger partial charge is 0.493 e. The third-order valence-electron chi connectivity index (χ3n) is 3.91. The smallest absolute Gasteiger partial charge is 0.122 e. The van der Waals surface area contributed by atoms with Crippen LogP contribution in [0.1, 0.15) is 51.5 Å². The lowest BCUT2D eigenvalue weighted by atomic mass is 9.81. The van der Waals surface area contributed by atoms with Crippen molar-refractivity contribution >= 4 is 0 Å². The van der Waals surface area contributed by atoms with E-state index >= 15 is 0 Å². The quantitative estimate of drug-likeness (QED) is 0.647. The number of hydrogen-bond donors (Lipinski definition) is 2. The second kappa shape index (κ2) is 5.93. The maximum atomic E-state index is 5.80. The lowest BCUT2D eigenvalue weighted by molar-refractivity contribution is 0.231. The molecule has 0 saturated carbocycles. The van der Waals surface area contributed by atoms with Gasteiger partial charge in [0.1, 0.15) is 5.75 Å². The Balaban J connectivity index is 2.11. The lowest BCUT2D eigenvalue weighted by Crippen LogP contribution is -2.42. The van der Waals surface area contributed by atoms with Gasteiger partial charge in [-0.2, -0.15) is 0 Å². The Labute approximate surface area is 116 Å². The van der Waals surface area contributed by atoms with Crippen molar-refractivity contribution in [3.8, 4) is 5.75 Å². The molecule has 1 aliphatic heterocycles. The van der Waals surface area contributed by atoms with Crippen LogP contribution in [-0.2, 0) is 0 Å². The lowest BCUT2D eigenvalue weighted by Gasteiger charge is -2.33. The minimum Gasteiger partial charge on any atom is -0.493 e. The topological polar surface area (TPSA) is 47.3 Å². The number of nitrogens with one attached hydrogen (secondary N) is 1. The van der Waals surface area contributed by atoms with E-state index in [1.165, 1.54) is 12.0 Å². The predicted octanol–water partition coefficient (Wildman–Crippen LogP) is 3.21. The van der Waals surface area contributed by atoms with E-state index in [0.717, 1.165) is 25.2 Å². The van der Waals surface area contributed by atoms with Gasteiger partial charge in [0.05, 0.1) is 6.61 Å². The Morgan fingerprint density at radius 2 is 2.11 bits per heavy atom. The average molecular weight is 262 g/mol. The number of hydrazine groups is 1. The molecule has 0 bridgehead atoms. The molecule has 1 aromatic rings. The van der Waals surface area contributed by atoms with Crippen LogP contribution >= 0.6 is 0 Å². The van der Waals surface area contributed by atoms with Crippen LogP contribution in [0.4, 0.5) is 0 Å². The first kappa shape index (κ1) is 14.4. The fourth-order valence-electron chi connectivity index (χ4n) is 2.78. The van der Waals surface area contributed by atoms with E-state index in [1.54, 1.807) is 0 Å². The van der Waals surface area contributed by atoms with E-state index in [4.69, 9.17) is 10.6 Å². The summed E-state index contributed by atoms with van der Waals surface area (Å²) >= 11 is 0. The summed E-state index contributed by atoms with van der Waals surface area (Å²) in [6.45, 7) is 7.62. The molecule has 19 heavy (non-hydrogen) atoms. The van der Waals surface area contributed by atoms with Gasteiger partial charge in [-0.15, -0.1) is 0 Å². The van der Waals surface area contributed by atoms with Crippen molar-refractivity contribution in [2.45, 2.75) is 52.0 Å². The van der Waals surface area contributed by atoms with E-state index in [-0.39, 0.29) is 0 Å². The summed E-state index contributed by atoms with van der Waals surface area (Å²) in [6.07, 6.45) is 3.30. The first-order valence-corrected chi connectivity index (χ1v) is 7.19. The highest BCUT2D eigenvalue weighted by molar-refractivity contribution is 5.38. The third-order valence-corrected chi connectivity index (χ3v) is 3.91. The van der Waals surface area contributed by atoms with Crippen molar-refractivity contribution < 1.29 is 4.74 Å². The minimum absolute atomic E-state index is 0.323. The normalized spacial score (nSPS) is 20.5. The summed E-state index contributed by atoms with van der Waals surface area (Å²) < 4.78 is 5.73. The Bertz CT molecular complexity index is 411. The number of para-hydroxylation sites is 1. The Morgan fingerprint density at radius 1 is 1.37 bits per heavy atom. The molecule has 0 fully saturated rings. The molecule has 2 rings (SSSR count). The first-order chi connectivity index (χ1) is 9.01.